The normalized spacial score (nSPS) is 8.18. The fourth-order valence-corrected chi connectivity index (χ4v) is 0.961. The molecule has 0 aromatic rings. The summed E-state index contributed by atoms with van der Waals surface area (Å²) in [4.78, 5) is 20.6. The summed E-state index contributed by atoms with van der Waals surface area (Å²) in [6.07, 6.45) is 0. The van der Waals surface area contributed by atoms with Crippen LogP contribution in [0.25, 0.3) is 0 Å². The summed E-state index contributed by atoms with van der Waals surface area (Å²) < 4.78 is 8.75. The van der Waals surface area contributed by atoms with E-state index in [2.05, 4.69) is 7.58 Å². The number of hydrogen-bond donors (Lipinski definition) is 0. The zero-order valence-electron chi connectivity index (χ0n) is 5.38. The third-order valence-corrected chi connectivity index (χ3v) is 1.73. The van der Waals surface area contributed by atoms with Gasteiger partial charge in [0, 0.05) is 0 Å². The topological polar surface area (TPSA) is 52.6 Å². The van der Waals surface area contributed by atoms with Crippen LogP contribution in [0, 0.1) is 0 Å². The van der Waals surface area contributed by atoms with Crippen LogP contribution < -0.4 is 0 Å². The minimum absolute atomic E-state index is 0.245. The summed E-state index contributed by atoms with van der Waals surface area (Å²) in [6, 6.07) is 0. The average Bonchev–Trinajstić information content (AvgIpc) is 2.04. The third-order valence-electron chi connectivity index (χ3n) is 0.577. The minimum atomic E-state index is -1.12. The second-order valence-electron chi connectivity index (χ2n) is 1.34. The van der Waals surface area contributed by atoms with Crippen molar-refractivity contribution in [3.05, 3.63) is 0 Å². The van der Waals surface area contributed by atoms with Gasteiger partial charge < -0.3 is 0 Å². The monoisotopic (exact) mass is 213 g/mol. The van der Waals surface area contributed by atoms with E-state index in [1.165, 1.54) is 0 Å². The second kappa shape index (κ2) is 6.74. The number of rotatable bonds is 4. The van der Waals surface area contributed by atoms with Crippen molar-refractivity contribution in [3.8, 4) is 0 Å². The van der Waals surface area contributed by atoms with Gasteiger partial charge in [-0.15, -0.1) is 0 Å². The third kappa shape index (κ3) is 6.45. The fraction of sp³-hybridized carbons (Fsp3) is 0.500. The van der Waals surface area contributed by atoms with Crippen LogP contribution in [-0.4, -0.2) is 39.6 Å². The molecule has 7 heteroatoms. The van der Waals surface area contributed by atoms with Crippen LogP contribution in [0.5, 0.6) is 0 Å². The van der Waals surface area contributed by atoms with Crippen molar-refractivity contribution < 1.29 is 17.2 Å². The van der Waals surface area contributed by atoms with E-state index in [1.807, 2.05) is 0 Å². The van der Waals surface area contributed by atoms with Gasteiger partial charge >= 0.3 is 80.0 Å². The number of carbonyl (C=O) groups is 2. The Morgan fingerprint density at radius 2 is 1.45 bits per heavy atom. The van der Waals surface area contributed by atoms with Crippen molar-refractivity contribution in [1.29, 1.82) is 0 Å². The summed E-state index contributed by atoms with van der Waals surface area (Å²) in [6.45, 7) is 0. The van der Waals surface area contributed by atoms with Crippen molar-refractivity contribution in [2.24, 2.45) is 0 Å². The molecule has 0 aliphatic rings. The molecule has 0 bridgehead atoms. The fourth-order valence-electron chi connectivity index (χ4n) is 0.194. The van der Waals surface area contributed by atoms with E-state index in [0.29, 0.717) is 0 Å². The van der Waals surface area contributed by atoms with Gasteiger partial charge in [0.05, 0.1) is 0 Å². The first-order valence-electron chi connectivity index (χ1n) is 2.53. The van der Waals surface area contributed by atoms with Gasteiger partial charge in [-0.05, 0) is 0 Å². The molecule has 60 valence electrons. The van der Waals surface area contributed by atoms with Crippen molar-refractivity contribution >= 4 is 51.0 Å². The maximum absolute atomic E-state index is 10.3. The first kappa shape index (κ1) is 11.1. The van der Waals surface area contributed by atoms with Crippen LogP contribution in [0.4, 0.5) is 0 Å². The van der Waals surface area contributed by atoms with Gasteiger partial charge in [0.2, 0.25) is 0 Å². The quantitative estimate of drug-likeness (QED) is 0.491. The molecular weight excluding hydrogens is 210 g/mol. The van der Waals surface area contributed by atoms with E-state index in [9.17, 15) is 9.59 Å². The Hall–Kier alpha value is 0.0525. The molecule has 0 rings (SSSR count). The van der Waals surface area contributed by atoms with Gasteiger partial charge in [0.1, 0.15) is 0 Å². The molecule has 0 aliphatic heterocycles. The summed E-state index contributed by atoms with van der Waals surface area (Å²) in [5.41, 5.74) is 0. The Labute approximate surface area is 80.1 Å². The summed E-state index contributed by atoms with van der Waals surface area (Å²) in [5, 5.41) is 0. The van der Waals surface area contributed by atoms with Crippen LogP contribution in [0.15, 0.2) is 0 Å². The summed E-state index contributed by atoms with van der Waals surface area (Å²) >= 11 is 9.03. The number of halogens is 2. The molecule has 0 unspecified atom stereocenters. The Bertz CT molecular complexity index is 135. The molecule has 0 fully saturated rings. The van der Waals surface area contributed by atoms with Crippen molar-refractivity contribution in [3.63, 3.8) is 0 Å². The standard InChI is InChI=1S/2C2H3ClO2.Al/c2*3-1-2(4)5;/h2*1H2,(H,4,5);/q;;+3/p-2. The molecule has 0 N–H and O–H groups in total. The molecule has 0 heterocycles. The molecular formula is C4H4AlCl2O4+. The van der Waals surface area contributed by atoms with Gasteiger partial charge in [-0.1, -0.05) is 0 Å². The maximum atomic E-state index is 10.3. The van der Waals surface area contributed by atoms with Gasteiger partial charge in [-0.2, -0.15) is 0 Å². The molecule has 4 nitrogen and oxygen atoms in total. The van der Waals surface area contributed by atoms with E-state index in [-0.39, 0.29) is 11.8 Å². The number of alkyl halides is 2. The van der Waals surface area contributed by atoms with E-state index < -0.39 is 27.8 Å². The zero-order valence-corrected chi connectivity index (χ0v) is 8.05. The van der Waals surface area contributed by atoms with Gasteiger partial charge in [0.25, 0.3) is 0 Å². The second-order valence-corrected chi connectivity index (χ2v) is 2.54. The molecule has 0 amide bonds. The van der Waals surface area contributed by atoms with Crippen LogP contribution >= 0.6 is 23.2 Å². The molecule has 0 aromatic carbocycles. The molecule has 0 aliphatic carbocycles. The molecule has 0 saturated heterocycles. The Kier molecular flexibility index (Phi) is 6.78. The van der Waals surface area contributed by atoms with E-state index >= 15 is 0 Å². The number of carbonyl (C=O) groups excluding carboxylic acids is 2. The van der Waals surface area contributed by atoms with E-state index in [1.54, 1.807) is 0 Å². The van der Waals surface area contributed by atoms with Crippen LogP contribution in [0.2, 0.25) is 0 Å². The van der Waals surface area contributed by atoms with Crippen molar-refractivity contribution in [2.45, 2.75) is 0 Å². The average molecular weight is 214 g/mol. The van der Waals surface area contributed by atoms with E-state index in [0.717, 1.165) is 0 Å². The molecule has 0 saturated carbocycles. The molecule has 0 aromatic heterocycles. The van der Waals surface area contributed by atoms with Crippen molar-refractivity contribution in [2.75, 3.05) is 11.8 Å². The van der Waals surface area contributed by atoms with Crippen molar-refractivity contribution in [1.82, 2.24) is 0 Å². The van der Waals surface area contributed by atoms with Gasteiger partial charge in [0.15, 0.2) is 0 Å². The first-order chi connectivity index (χ1) is 5.20. The Balaban J connectivity index is 3.27. The predicted octanol–water partition coefficient (Wildman–Crippen LogP) is 0.0846. The van der Waals surface area contributed by atoms with Gasteiger partial charge in [-0.3, -0.25) is 0 Å². The van der Waals surface area contributed by atoms with Gasteiger partial charge in [-0.25, -0.2) is 0 Å². The first-order valence-corrected chi connectivity index (χ1v) is 4.54. The molecule has 0 spiro atoms. The van der Waals surface area contributed by atoms with Crippen LogP contribution in [0.3, 0.4) is 0 Å². The summed E-state index contributed by atoms with van der Waals surface area (Å²) in [7, 11) is 0. The predicted molar refractivity (Wildman–Crippen MR) is 39.4 cm³/mol. The summed E-state index contributed by atoms with van der Waals surface area (Å²) in [5.74, 6) is -1.70. The molecule has 0 radical (unpaired) electrons. The van der Waals surface area contributed by atoms with Crippen LogP contribution in [0.1, 0.15) is 0 Å². The Morgan fingerprint density at radius 3 is 1.73 bits per heavy atom. The zero-order chi connectivity index (χ0) is 8.69. The number of hydrogen-bond acceptors (Lipinski definition) is 4. The SMILES string of the molecule is O=C(CCl)[O][Al+][O]C(=O)CCl. The Morgan fingerprint density at radius 1 is 1.09 bits per heavy atom. The van der Waals surface area contributed by atoms with Crippen LogP contribution in [-0.2, 0) is 17.2 Å². The molecule has 11 heavy (non-hydrogen) atoms. The van der Waals surface area contributed by atoms with E-state index in [4.69, 9.17) is 23.2 Å². The molecule has 0 atom stereocenters.